The molecule has 1 unspecified atom stereocenters. The second-order valence-corrected chi connectivity index (χ2v) is 6.60. The zero-order valence-corrected chi connectivity index (χ0v) is 15.2. The van der Waals surface area contributed by atoms with Crippen LogP contribution < -0.4 is 16.0 Å². The number of nitrogens with one attached hydrogen (secondary N) is 1. The Labute approximate surface area is 142 Å². The second kappa shape index (κ2) is 7.40. The molecule has 0 amide bonds. The predicted molar refractivity (Wildman–Crippen MR) is 93.3 cm³/mol. The van der Waals surface area contributed by atoms with Gasteiger partial charge in [-0.1, -0.05) is 44.0 Å². The van der Waals surface area contributed by atoms with E-state index < -0.39 is 0 Å². The van der Waals surface area contributed by atoms with E-state index in [0.717, 1.165) is 32.2 Å². The SMILES string of the molecule is COc1ccc(Br)c(CC(NN)c2ccc(C)c(Br)c2)c1. The van der Waals surface area contributed by atoms with Crippen LogP contribution in [0.3, 0.4) is 0 Å². The van der Waals surface area contributed by atoms with Gasteiger partial charge in [0.25, 0.3) is 0 Å². The number of methoxy groups -OCH3 is 1. The number of ether oxygens (including phenoxy) is 1. The normalized spacial score (nSPS) is 12.2. The molecule has 0 aliphatic heterocycles. The van der Waals surface area contributed by atoms with Crippen LogP contribution in [0, 0.1) is 6.92 Å². The summed E-state index contributed by atoms with van der Waals surface area (Å²) in [5.74, 6) is 6.59. The molecule has 0 radical (unpaired) electrons. The Morgan fingerprint density at radius 1 is 1.14 bits per heavy atom. The minimum Gasteiger partial charge on any atom is -0.497 e. The van der Waals surface area contributed by atoms with E-state index in [-0.39, 0.29) is 6.04 Å². The number of nitrogens with two attached hydrogens (primary N) is 1. The first-order valence-electron chi connectivity index (χ1n) is 6.59. The highest BCUT2D eigenvalue weighted by Crippen LogP contribution is 2.28. The van der Waals surface area contributed by atoms with Gasteiger partial charge in [0.05, 0.1) is 13.2 Å². The molecule has 2 aromatic carbocycles. The summed E-state index contributed by atoms with van der Waals surface area (Å²) in [6, 6.07) is 12.3. The van der Waals surface area contributed by atoms with Crippen LogP contribution >= 0.6 is 31.9 Å². The zero-order chi connectivity index (χ0) is 15.4. The number of hydrazine groups is 1. The maximum Gasteiger partial charge on any atom is 0.119 e. The van der Waals surface area contributed by atoms with Crippen LogP contribution in [0.15, 0.2) is 45.3 Å². The molecule has 0 aliphatic carbocycles. The van der Waals surface area contributed by atoms with E-state index >= 15 is 0 Å². The maximum atomic E-state index is 5.75. The van der Waals surface area contributed by atoms with Gasteiger partial charge in [-0.15, -0.1) is 0 Å². The molecule has 21 heavy (non-hydrogen) atoms. The fraction of sp³-hybridized carbons (Fsp3) is 0.250. The standard InChI is InChI=1S/C16H18Br2N2O/c1-10-3-4-11(8-15(10)18)16(20-19)9-12-7-13(21-2)5-6-14(12)17/h3-8,16,20H,9,19H2,1-2H3. The molecule has 1 atom stereocenters. The van der Waals surface area contributed by atoms with E-state index in [1.165, 1.54) is 5.56 Å². The van der Waals surface area contributed by atoms with Crippen molar-refractivity contribution in [3.8, 4) is 5.75 Å². The number of rotatable bonds is 5. The Balaban J connectivity index is 2.28. The molecule has 5 heteroatoms. The highest BCUT2D eigenvalue weighted by molar-refractivity contribution is 9.10. The topological polar surface area (TPSA) is 47.3 Å². The van der Waals surface area contributed by atoms with Crippen molar-refractivity contribution in [1.82, 2.24) is 5.43 Å². The van der Waals surface area contributed by atoms with E-state index in [1.807, 2.05) is 18.2 Å². The lowest BCUT2D eigenvalue weighted by atomic mass is 9.98. The van der Waals surface area contributed by atoms with Crippen molar-refractivity contribution < 1.29 is 4.74 Å². The first kappa shape index (κ1) is 16.5. The molecule has 3 nitrogen and oxygen atoms in total. The van der Waals surface area contributed by atoms with E-state index in [9.17, 15) is 0 Å². The summed E-state index contributed by atoms with van der Waals surface area (Å²) in [5, 5.41) is 0. The lowest BCUT2D eigenvalue weighted by Gasteiger charge is -2.18. The molecule has 112 valence electrons. The lowest BCUT2D eigenvalue weighted by molar-refractivity contribution is 0.413. The second-order valence-electron chi connectivity index (χ2n) is 4.89. The molecule has 0 saturated heterocycles. The first-order chi connectivity index (χ1) is 10.0. The minimum absolute atomic E-state index is 0.0327. The summed E-state index contributed by atoms with van der Waals surface area (Å²) in [7, 11) is 1.67. The van der Waals surface area contributed by atoms with Gasteiger partial charge >= 0.3 is 0 Å². The average molecular weight is 414 g/mol. The predicted octanol–water partition coefficient (Wildman–Crippen LogP) is 4.28. The molecular weight excluding hydrogens is 396 g/mol. The molecule has 2 rings (SSSR count). The Hall–Kier alpha value is -0.880. The third kappa shape index (κ3) is 4.07. The van der Waals surface area contributed by atoms with Gasteiger partial charge in [-0.2, -0.15) is 0 Å². The van der Waals surface area contributed by atoms with E-state index in [1.54, 1.807) is 7.11 Å². The van der Waals surface area contributed by atoms with Gasteiger partial charge in [0.1, 0.15) is 5.75 Å². The third-order valence-corrected chi connectivity index (χ3v) is 5.10. The van der Waals surface area contributed by atoms with E-state index in [4.69, 9.17) is 10.6 Å². The van der Waals surface area contributed by atoms with Gasteiger partial charge in [-0.3, -0.25) is 11.3 Å². The summed E-state index contributed by atoms with van der Waals surface area (Å²) in [6.45, 7) is 2.07. The summed E-state index contributed by atoms with van der Waals surface area (Å²) >= 11 is 7.15. The van der Waals surface area contributed by atoms with Crippen LogP contribution in [0.25, 0.3) is 0 Å². The van der Waals surface area contributed by atoms with Gasteiger partial charge in [0, 0.05) is 8.95 Å². The highest BCUT2D eigenvalue weighted by Gasteiger charge is 2.14. The number of hydrogen-bond acceptors (Lipinski definition) is 3. The number of hydrogen-bond donors (Lipinski definition) is 2. The summed E-state index contributed by atoms with van der Waals surface area (Å²) in [4.78, 5) is 0. The lowest BCUT2D eigenvalue weighted by Crippen LogP contribution is -2.29. The fourth-order valence-electron chi connectivity index (χ4n) is 2.15. The molecule has 0 spiro atoms. The summed E-state index contributed by atoms with van der Waals surface area (Å²) in [5.41, 5.74) is 6.39. The summed E-state index contributed by atoms with van der Waals surface area (Å²) in [6.07, 6.45) is 0.768. The van der Waals surface area contributed by atoms with Crippen LogP contribution in [0.1, 0.15) is 22.7 Å². The van der Waals surface area contributed by atoms with Crippen LogP contribution in [-0.4, -0.2) is 7.11 Å². The number of benzene rings is 2. The molecule has 2 aromatic rings. The van der Waals surface area contributed by atoms with Crippen LogP contribution in [0.5, 0.6) is 5.75 Å². The Kier molecular flexibility index (Phi) is 5.81. The van der Waals surface area contributed by atoms with E-state index in [0.29, 0.717) is 0 Å². The Bertz CT molecular complexity index is 632. The quantitative estimate of drug-likeness (QED) is 0.568. The minimum atomic E-state index is 0.0327. The van der Waals surface area contributed by atoms with Crippen LogP contribution in [0.2, 0.25) is 0 Å². The van der Waals surface area contributed by atoms with Crippen molar-refractivity contribution in [2.75, 3.05) is 7.11 Å². The van der Waals surface area contributed by atoms with Crippen molar-refractivity contribution in [2.45, 2.75) is 19.4 Å². The van der Waals surface area contributed by atoms with Gasteiger partial charge in [0.2, 0.25) is 0 Å². The van der Waals surface area contributed by atoms with Gasteiger partial charge in [-0.05, 0) is 54.3 Å². The molecule has 0 bridgehead atoms. The Morgan fingerprint density at radius 2 is 1.90 bits per heavy atom. The third-order valence-electron chi connectivity index (χ3n) is 3.48. The average Bonchev–Trinajstić information content (AvgIpc) is 2.49. The van der Waals surface area contributed by atoms with Gasteiger partial charge in [0.15, 0.2) is 0 Å². The van der Waals surface area contributed by atoms with Crippen molar-refractivity contribution in [3.05, 3.63) is 62.0 Å². The first-order valence-corrected chi connectivity index (χ1v) is 8.18. The fourth-order valence-corrected chi connectivity index (χ4v) is 2.96. The largest absolute Gasteiger partial charge is 0.497 e. The van der Waals surface area contributed by atoms with Crippen molar-refractivity contribution >= 4 is 31.9 Å². The molecule has 0 aromatic heterocycles. The zero-order valence-electron chi connectivity index (χ0n) is 12.0. The molecule has 0 fully saturated rings. The van der Waals surface area contributed by atoms with Crippen molar-refractivity contribution in [3.63, 3.8) is 0 Å². The van der Waals surface area contributed by atoms with Crippen molar-refractivity contribution in [1.29, 1.82) is 0 Å². The van der Waals surface area contributed by atoms with Crippen molar-refractivity contribution in [2.24, 2.45) is 5.84 Å². The van der Waals surface area contributed by atoms with Gasteiger partial charge in [-0.25, -0.2) is 0 Å². The molecule has 0 saturated carbocycles. The number of halogens is 2. The summed E-state index contributed by atoms with van der Waals surface area (Å²) < 4.78 is 7.42. The Morgan fingerprint density at radius 3 is 2.52 bits per heavy atom. The highest BCUT2D eigenvalue weighted by atomic mass is 79.9. The monoisotopic (exact) mass is 412 g/mol. The maximum absolute atomic E-state index is 5.75. The molecule has 0 heterocycles. The van der Waals surface area contributed by atoms with Crippen LogP contribution in [-0.2, 0) is 6.42 Å². The molecule has 3 N–H and O–H groups in total. The number of aryl methyl sites for hydroxylation is 1. The molecular formula is C16H18Br2N2O. The van der Waals surface area contributed by atoms with E-state index in [2.05, 4.69) is 62.4 Å². The van der Waals surface area contributed by atoms with Crippen LogP contribution in [0.4, 0.5) is 0 Å². The smallest absolute Gasteiger partial charge is 0.119 e. The van der Waals surface area contributed by atoms with Gasteiger partial charge < -0.3 is 4.74 Å². The molecule has 0 aliphatic rings.